The van der Waals surface area contributed by atoms with Crippen LogP contribution in [-0.4, -0.2) is 26.5 Å². The first-order valence-electron chi connectivity index (χ1n) is 7.59. The molecule has 22 heavy (non-hydrogen) atoms. The first kappa shape index (κ1) is 14.8. The summed E-state index contributed by atoms with van der Waals surface area (Å²) in [6.45, 7) is 5.73. The number of rotatable bonds is 3. The van der Waals surface area contributed by atoms with Gasteiger partial charge in [-0.1, -0.05) is 12.1 Å². The summed E-state index contributed by atoms with van der Waals surface area (Å²) < 4.78 is 0. The molecule has 0 saturated carbocycles. The third-order valence-corrected chi connectivity index (χ3v) is 4.48. The fourth-order valence-corrected chi connectivity index (χ4v) is 3.20. The van der Waals surface area contributed by atoms with Crippen LogP contribution in [0.4, 0.5) is 0 Å². The number of H-pyrrole nitrogens is 1. The number of likely N-dealkylation sites (tertiary alicyclic amines) is 1. The van der Waals surface area contributed by atoms with Crippen molar-refractivity contribution < 1.29 is 5.11 Å². The average molecular weight is 299 g/mol. The van der Waals surface area contributed by atoms with Gasteiger partial charge in [-0.15, -0.1) is 0 Å². The van der Waals surface area contributed by atoms with Crippen LogP contribution >= 0.6 is 0 Å². The molecular formula is C17H21N3O2. The van der Waals surface area contributed by atoms with Crippen molar-refractivity contribution in [3.63, 3.8) is 0 Å². The van der Waals surface area contributed by atoms with Crippen molar-refractivity contribution in [3.05, 3.63) is 57.8 Å². The normalized spacial score (nSPS) is 22.1. The standard InChI is InChI=1S/C17H21N3O2/c1-12-10-15(22)19-16(18-12)17(2)8-3-9-20(17)11-13-4-6-14(21)7-5-13/h4-7,10,21H,3,8-9,11H2,1-2H3,(H,18,19,22). The number of phenolic OH excluding ortho intramolecular Hbond substituents is 1. The molecule has 1 fully saturated rings. The van der Waals surface area contributed by atoms with Crippen LogP contribution in [0.25, 0.3) is 0 Å². The molecule has 5 nitrogen and oxygen atoms in total. The number of hydrogen-bond donors (Lipinski definition) is 2. The topological polar surface area (TPSA) is 69.2 Å². The summed E-state index contributed by atoms with van der Waals surface area (Å²) in [7, 11) is 0. The van der Waals surface area contributed by atoms with Crippen LogP contribution < -0.4 is 5.56 Å². The maximum absolute atomic E-state index is 11.8. The highest BCUT2D eigenvalue weighted by Gasteiger charge is 2.40. The molecule has 0 bridgehead atoms. The molecule has 2 aromatic rings. The summed E-state index contributed by atoms with van der Waals surface area (Å²) in [5, 5.41) is 9.40. The Kier molecular flexibility index (Phi) is 3.74. The van der Waals surface area contributed by atoms with Gasteiger partial charge in [0.1, 0.15) is 11.6 Å². The Labute approximate surface area is 129 Å². The zero-order valence-electron chi connectivity index (χ0n) is 13.0. The van der Waals surface area contributed by atoms with Crippen LogP contribution in [0.5, 0.6) is 5.75 Å². The number of nitrogens with one attached hydrogen (secondary N) is 1. The lowest BCUT2D eigenvalue weighted by molar-refractivity contribution is 0.137. The Morgan fingerprint density at radius 3 is 2.77 bits per heavy atom. The average Bonchev–Trinajstić information content (AvgIpc) is 2.83. The molecule has 0 amide bonds. The summed E-state index contributed by atoms with van der Waals surface area (Å²) in [6.07, 6.45) is 2.05. The largest absolute Gasteiger partial charge is 0.508 e. The second kappa shape index (κ2) is 5.57. The molecular weight excluding hydrogens is 278 g/mol. The summed E-state index contributed by atoms with van der Waals surface area (Å²) in [5.74, 6) is 1.02. The predicted octanol–water partition coefficient (Wildman–Crippen LogP) is 2.30. The van der Waals surface area contributed by atoms with E-state index in [1.54, 1.807) is 12.1 Å². The van der Waals surface area contributed by atoms with E-state index in [2.05, 4.69) is 21.8 Å². The van der Waals surface area contributed by atoms with Crippen LogP contribution in [0.15, 0.2) is 35.1 Å². The Hall–Kier alpha value is -2.14. The molecule has 3 rings (SSSR count). The van der Waals surface area contributed by atoms with E-state index in [1.165, 1.54) is 6.07 Å². The highest BCUT2D eigenvalue weighted by Crippen LogP contribution is 2.37. The van der Waals surface area contributed by atoms with Gasteiger partial charge < -0.3 is 10.1 Å². The molecule has 2 N–H and O–H groups in total. The van der Waals surface area contributed by atoms with Crippen LogP contribution in [0.1, 0.15) is 36.8 Å². The van der Waals surface area contributed by atoms with Gasteiger partial charge in [-0.3, -0.25) is 9.69 Å². The lowest BCUT2D eigenvalue weighted by atomic mass is 9.97. The van der Waals surface area contributed by atoms with E-state index in [0.29, 0.717) is 0 Å². The maximum Gasteiger partial charge on any atom is 0.251 e. The first-order chi connectivity index (χ1) is 10.5. The number of aryl methyl sites for hydroxylation is 1. The molecule has 2 heterocycles. The molecule has 1 unspecified atom stereocenters. The Bertz CT molecular complexity index is 723. The van der Waals surface area contributed by atoms with E-state index in [-0.39, 0.29) is 16.8 Å². The Morgan fingerprint density at radius 2 is 2.09 bits per heavy atom. The number of aromatic amines is 1. The minimum absolute atomic E-state index is 0.0970. The fourth-order valence-electron chi connectivity index (χ4n) is 3.20. The minimum atomic E-state index is -0.261. The monoisotopic (exact) mass is 299 g/mol. The Balaban J connectivity index is 1.90. The van der Waals surface area contributed by atoms with Crippen molar-refractivity contribution in [1.29, 1.82) is 0 Å². The number of nitrogens with zero attached hydrogens (tertiary/aromatic N) is 2. The number of benzene rings is 1. The van der Waals surface area contributed by atoms with E-state index < -0.39 is 0 Å². The molecule has 1 aliphatic rings. The molecule has 1 aromatic heterocycles. The van der Waals surface area contributed by atoms with Crippen LogP contribution in [0.3, 0.4) is 0 Å². The quantitative estimate of drug-likeness (QED) is 0.912. The molecule has 0 radical (unpaired) electrons. The summed E-state index contributed by atoms with van der Waals surface area (Å²) >= 11 is 0. The van der Waals surface area contributed by atoms with Gasteiger partial charge in [0, 0.05) is 18.3 Å². The lowest BCUT2D eigenvalue weighted by Crippen LogP contribution is -2.40. The number of aromatic hydroxyl groups is 1. The number of aromatic nitrogens is 2. The molecule has 1 saturated heterocycles. The predicted molar refractivity (Wildman–Crippen MR) is 84.7 cm³/mol. The van der Waals surface area contributed by atoms with Gasteiger partial charge >= 0.3 is 0 Å². The van der Waals surface area contributed by atoms with E-state index in [4.69, 9.17) is 0 Å². The van der Waals surface area contributed by atoms with Crippen molar-refractivity contribution >= 4 is 0 Å². The van der Waals surface area contributed by atoms with Gasteiger partial charge in [0.25, 0.3) is 5.56 Å². The SMILES string of the molecule is Cc1cc(=O)[nH]c(C2(C)CCCN2Cc2ccc(O)cc2)n1. The van der Waals surface area contributed by atoms with Gasteiger partial charge in [0.2, 0.25) is 0 Å². The van der Waals surface area contributed by atoms with Crippen molar-refractivity contribution in [2.45, 2.75) is 38.8 Å². The van der Waals surface area contributed by atoms with Gasteiger partial charge in [0.05, 0.1) is 5.54 Å². The van der Waals surface area contributed by atoms with E-state index in [9.17, 15) is 9.90 Å². The summed E-state index contributed by atoms with van der Waals surface area (Å²) in [4.78, 5) is 21.6. The molecule has 116 valence electrons. The van der Waals surface area contributed by atoms with E-state index >= 15 is 0 Å². The van der Waals surface area contributed by atoms with Crippen LogP contribution in [-0.2, 0) is 12.1 Å². The first-order valence-corrected chi connectivity index (χ1v) is 7.59. The molecule has 5 heteroatoms. The molecule has 0 spiro atoms. The highest BCUT2D eigenvalue weighted by molar-refractivity contribution is 5.26. The molecule has 1 atom stereocenters. The second-order valence-corrected chi connectivity index (χ2v) is 6.20. The van der Waals surface area contributed by atoms with Gasteiger partial charge in [-0.05, 0) is 50.9 Å². The summed E-state index contributed by atoms with van der Waals surface area (Å²) in [5.41, 5.74) is 1.53. The third kappa shape index (κ3) is 2.76. The van der Waals surface area contributed by atoms with E-state index in [0.717, 1.165) is 43.0 Å². The molecule has 1 aromatic carbocycles. The summed E-state index contributed by atoms with van der Waals surface area (Å²) in [6, 6.07) is 8.79. The van der Waals surface area contributed by atoms with E-state index in [1.807, 2.05) is 19.1 Å². The second-order valence-electron chi connectivity index (χ2n) is 6.20. The lowest BCUT2D eigenvalue weighted by Gasteiger charge is -2.34. The van der Waals surface area contributed by atoms with Crippen molar-refractivity contribution in [2.24, 2.45) is 0 Å². The smallest absolute Gasteiger partial charge is 0.251 e. The zero-order valence-corrected chi connectivity index (χ0v) is 13.0. The molecule has 1 aliphatic heterocycles. The number of phenols is 1. The Morgan fingerprint density at radius 1 is 1.36 bits per heavy atom. The van der Waals surface area contributed by atoms with Gasteiger partial charge in [-0.2, -0.15) is 0 Å². The van der Waals surface area contributed by atoms with Crippen molar-refractivity contribution in [3.8, 4) is 5.75 Å². The minimum Gasteiger partial charge on any atom is -0.508 e. The zero-order chi connectivity index (χ0) is 15.7. The van der Waals surface area contributed by atoms with Gasteiger partial charge in [-0.25, -0.2) is 4.98 Å². The van der Waals surface area contributed by atoms with Gasteiger partial charge in [0.15, 0.2) is 0 Å². The third-order valence-electron chi connectivity index (χ3n) is 4.48. The van der Waals surface area contributed by atoms with Crippen LogP contribution in [0, 0.1) is 6.92 Å². The van der Waals surface area contributed by atoms with Crippen LogP contribution in [0.2, 0.25) is 0 Å². The number of hydrogen-bond acceptors (Lipinski definition) is 4. The highest BCUT2D eigenvalue weighted by atomic mass is 16.3. The van der Waals surface area contributed by atoms with Crippen molar-refractivity contribution in [1.82, 2.24) is 14.9 Å². The van der Waals surface area contributed by atoms with Crippen molar-refractivity contribution in [2.75, 3.05) is 6.54 Å². The molecule has 0 aliphatic carbocycles. The fraction of sp³-hybridized carbons (Fsp3) is 0.412. The maximum atomic E-state index is 11.8.